The maximum Gasteiger partial charge on any atom is 0.326 e. The molecule has 0 bridgehead atoms. The number of piperidine rings is 1. The molecule has 1 fully saturated rings. The number of aromatic nitrogens is 2. The van der Waals surface area contributed by atoms with E-state index in [-0.39, 0.29) is 5.91 Å². The largest absolute Gasteiger partial charge is 0.480 e. The highest BCUT2D eigenvalue weighted by Gasteiger charge is 2.33. The van der Waals surface area contributed by atoms with Gasteiger partial charge in [0.05, 0.1) is 11.3 Å². The smallest absolute Gasteiger partial charge is 0.326 e. The molecule has 0 spiro atoms. The Morgan fingerprint density at radius 3 is 2.67 bits per heavy atom. The van der Waals surface area contributed by atoms with Gasteiger partial charge in [0.25, 0.3) is 5.91 Å². The number of aliphatic carboxylic acids is 1. The quantitative estimate of drug-likeness (QED) is 0.892. The van der Waals surface area contributed by atoms with E-state index in [0.29, 0.717) is 30.2 Å². The predicted octanol–water partition coefficient (Wildman–Crippen LogP) is 0.930. The van der Waals surface area contributed by atoms with Gasteiger partial charge in [0.1, 0.15) is 6.04 Å². The van der Waals surface area contributed by atoms with Crippen LogP contribution in [0.4, 0.5) is 5.95 Å². The molecule has 1 aliphatic heterocycles. The first-order valence-electron chi connectivity index (χ1n) is 6.96. The molecule has 1 aliphatic rings. The molecular formula is C14H20N4O3. The molecule has 0 aliphatic carbocycles. The Labute approximate surface area is 123 Å². The van der Waals surface area contributed by atoms with Crippen molar-refractivity contribution in [3.8, 4) is 0 Å². The third-order valence-electron chi connectivity index (χ3n) is 3.65. The Morgan fingerprint density at radius 2 is 2.10 bits per heavy atom. The van der Waals surface area contributed by atoms with E-state index in [1.807, 2.05) is 14.1 Å². The highest BCUT2D eigenvalue weighted by Crippen LogP contribution is 2.21. The molecule has 1 atom stereocenters. The van der Waals surface area contributed by atoms with Crippen molar-refractivity contribution in [2.75, 3.05) is 25.5 Å². The van der Waals surface area contributed by atoms with E-state index >= 15 is 0 Å². The van der Waals surface area contributed by atoms with Crippen molar-refractivity contribution >= 4 is 17.8 Å². The molecule has 21 heavy (non-hydrogen) atoms. The number of carboxylic acids is 1. The number of hydrogen-bond acceptors (Lipinski definition) is 5. The van der Waals surface area contributed by atoms with Crippen molar-refractivity contribution in [3.05, 3.63) is 17.5 Å². The van der Waals surface area contributed by atoms with Crippen molar-refractivity contribution in [1.29, 1.82) is 0 Å². The van der Waals surface area contributed by atoms with Gasteiger partial charge in [-0.1, -0.05) is 0 Å². The number of carbonyl (C=O) groups is 2. The first-order valence-corrected chi connectivity index (χ1v) is 6.96. The van der Waals surface area contributed by atoms with Crippen LogP contribution >= 0.6 is 0 Å². The second-order valence-electron chi connectivity index (χ2n) is 5.41. The average Bonchev–Trinajstić information content (AvgIpc) is 2.46. The number of anilines is 1. The van der Waals surface area contributed by atoms with Gasteiger partial charge in [-0.15, -0.1) is 0 Å². The molecule has 1 N–H and O–H groups in total. The molecule has 1 amide bonds. The summed E-state index contributed by atoms with van der Waals surface area (Å²) >= 11 is 0. The average molecular weight is 292 g/mol. The molecule has 1 unspecified atom stereocenters. The fraction of sp³-hybridized carbons (Fsp3) is 0.571. The van der Waals surface area contributed by atoms with E-state index in [2.05, 4.69) is 9.97 Å². The van der Waals surface area contributed by atoms with E-state index in [1.54, 1.807) is 11.8 Å². The summed E-state index contributed by atoms with van der Waals surface area (Å²) < 4.78 is 0. The summed E-state index contributed by atoms with van der Waals surface area (Å²) in [6.45, 7) is 2.20. The summed E-state index contributed by atoms with van der Waals surface area (Å²) in [5.74, 6) is -0.728. The summed E-state index contributed by atoms with van der Waals surface area (Å²) in [6, 6.07) is -0.751. The summed E-state index contributed by atoms with van der Waals surface area (Å²) in [7, 11) is 3.64. The maximum absolute atomic E-state index is 12.6. The lowest BCUT2D eigenvalue weighted by molar-refractivity contribution is -0.143. The fourth-order valence-corrected chi connectivity index (χ4v) is 2.47. The zero-order valence-corrected chi connectivity index (χ0v) is 12.5. The van der Waals surface area contributed by atoms with Gasteiger partial charge < -0.3 is 14.9 Å². The SMILES string of the molecule is Cc1nc(N(C)C)ncc1C(=O)N1CCCCC1C(=O)O. The summed E-state index contributed by atoms with van der Waals surface area (Å²) in [6.07, 6.45) is 3.63. The monoisotopic (exact) mass is 292 g/mol. The summed E-state index contributed by atoms with van der Waals surface area (Å²) in [5, 5.41) is 9.26. The summed E-state index contributed by atoms with van der Waals surface area (Å²) in [4.78, 5) is 35.5. The van der Waals surface area contributed by atoms with Gasteiger partial charge in [0, 0.05) is 26.8 Å². The maximum atomic E-state index is 12.6. The van der Waals surface area contributed by atoms with Crippen LogP contribution in [-0.4, -0.2) is 58.5 Å². The van der Waals surface area contributed by atoms with Crippen LogP contribution in [-0.2, 0) is 4.79 Å². The number of rotatable bonds is 3. The molecule has 7 nitrogen and oxygen atoms in total. The Hall–Kier alpha value is -2.18. The van der Waals surface area contributed by atoms with Crippen LogP contribution in [0.2, 0.25) is 0 Å². The van der Waals surface area contributed by atoms with E-state index in [9.17, 15) is 14.7 Å². The van der Waals surface area contributed by atoms with Crippen molar-refractivity contribution in [2.45, 2.75) is 32.2 Å². The Bertz CT molecular complexity index is 559. The van der Waals surface area contributed by atoms with Crippen LogP contribution in [0.3, 0.4) is 0 Å². The normalized spacial score (nSPS) is 18.4. The van der Waals surface area contributed by atoms with Crippen molar-refractivity contribution in [3.63, 3.8) is 0 Å². The van der Waals surface area contributed by atoms with E-state index in [4.69, 9.17) is 0 Å². The number of amides is 1. The van der Waals surface area contributed by atoms with Crippen LogP contribution in [0.25, 0.3) is 0 Å². The molecule has 114 valence electrons. The lowest BCUT2D eigenvalue weighted by atomic mass is 10.0. The zero-order valence-electron chi connectivity index (χ0n) is 12.5. The van der Waals surface area contributed by atoms with Crippen LogP contribution < -0.4 is 4.90 Å². The third kappa shape index (κ3) is 3.12. The Morgan fingerprint density at radius 1 is 1.38 bits per heavy atom. The second-order valence-corrected chi connectivity index (χ2v) is 5.41. The minimum absolute atomic E-state index is 0.301. The van der Waals surface area contributed by atoms with Crippen molar-refractivity contribution < 1.29 is 14.7 Å². The van der Waals surface area contributed by atoms with Crippen LogP contribution in [0.5, 0.6) is 0 Å². The number of hydrogen-bond donors (Lipinski definition) is 1. The fourth-order valence-electron chi connectivity index (χ4n) is 2.47. The summed E-state index contributed by atoms with van der Waals surface area (Å²) in [5.41, 5.74) is 0.933. The molecule has 2 rings (SSSR count). The molecule has 0 radical (unpaired) electrons. The van der Waals surface area contributed by atoms with Gasteiger partial charge in [-0.2, -0.15) is 0 Å². The van der Waals surface area contributed by atoms with Gasteiger partial charge >= 0.3 is 5.97 Å². The number of carbonyl (C=O) groups excluding carboxylic acids is 1. The van der Waals surface area contributed by atoms with E-state index in [1.165, 1.54) is 11.1 Å². The second kappa shape index (κ2) is 6.07. The molecule has 0 saturated carbocycles. The Kier molecular flexibility index (Phi) is 4.40. The van der Waals surface area contributed by atoms with Gasteiger partial charge in [-0.05, 0) is 26.2 Å². The minimum atomic E-state index is -0.952. The van der Waals surface area contributed by atoms with Crippen LogP contribution in [0.1, 0.15) is 35.3 Å². The topological polar surface area (TPSA) is 86.6 Å². The van der Waals surface area contributed by atoms with Gasteiger partial charge in [0.2, 0.25) is 5.95 Å². The molecule has 7 heteroatoms. The van der Waals surface area contributed by atoms with E-state index in [0.717, 1.165) is 12.8 Å². The molecule has 1 aromatic heterocycles. The molecular weight excluding hydrogens is 272 g/mol. The van der Waals surface area contributed by atoms with Gasteiger partial charge in [-0.3, -0.25) is 4.79 Å². The van der Waals surface area contributed by atoms with Crippen molar-refractivity contribution in [1.82, 2.24) is 14.9 Å². The van der Waals surface area contributed by atoms with Crippen LogP contribution in [0, 0.1) is 6.92 Å². The molecule has 1 aromatic rings. The Balaban J connectivity index is 2.28. The number of aryl methyl sites for hydroxylation is 1. The third-order valence-corrected chi connectivity index (χ3v) is 3.65. The predicted molar refractivity (Wildman–Crippen MR) is 77.4 cm³/mol. The van der Waals surface area contributed by atoms with Gasteiger partial charge in [0.15, 0.2) is 0 Å². The standard InChI is InChI=1S/C14H20N4O3/c1-9-10(8-15-14(16-9)17(2)3)12(19)18-7-5-4-6-11(18)13(20)21/h8,11H,4-7H2,1-3H3,(H,20,21). The number of nitrogens with zero attached hydrogens (tertiary/aromatic N) is 4. The van der Waals surface area contributed by atoms with Gasteiger partial charge in [-0.25, -0.2) is 14.8 Å². The zero-order chi connectivity index (χ0) is 15.6. The van der Waals surface area contributed by atoms with Crippen LogP contribution in [0.15, 0.2) is 6.20 Å². The number of carboxylic acid groups (broad SMARTS) is 1. The highest BCUT2D eigenvalue weighted by molar-refractivity contribution is 5.97. The van der Waals surface area contributed by atoms with Crippen molar-refractivity contribution in [2.24, 2.45) is 0 Å². The van der Waals surface area contributed by atoms with E-state index < -0.39 is 12.0 Å². The first-order chi connectivity index (χ1) is 9.91. The molecule has 2 heterocycles. The lowest BCUT2D eigenvalue weighted by Crippen LogP contribution is -2.48. The lowest BCUT2D eigenvalue weighted by Gasteiger charge is -2.33. The first kappa shape index (κ1) is 15.2. The highest BCUT2D eigenvalue weighted by atomic mass is 16.4. The molecule has 1 saturated heterocycles. The number of likely N-dealkylation sites (tertiary alicyclic amines) is 1. The molecule has 0 aromatic carbocycles. The minimum Gasteiger partial charge on any atom is -0.480 e.